The second kappa shape index (κ2) is 8.80. The van der Waals surface area contributed by atoms with Crippen LogP contribution in [-0.4, -0.2) is 47.9 Å². The number of nitrogens with zero attached hydrogens (tertiary/aromatic N) is 1. The number of rotatable bonds is 7. The van der Waals surface area contributed by atoms with Crippen LogP contribution in [0, 0.1) is 5.92 Å². The summed E-state index contributed by atoms with van der Waals surface area (Å²) in [7, 11) is 0. The lowest BCUT2D eigenvalue weighted by atomic mass is 9.94. The highest BCUT2D eigenvalue weighted by molar-refractivity contribution is 5.85. The number of anilines is 1. The summed E-state index contributed by atoms with van der Waals surface area (Å²) in [5, 5.41) is 12.1. The molecule has 0 radical (unpaired) electrons. The van der Waals surface area contributed by atoms with Crippen molar-refractivity contribution in [2.45, 2.75) is 38.8 Å². The number of nitrogen functional groups attached to an aromatic ring is 1. The van der Waals surface area contributed by atoms with Gasteiger partial charge in [0.15, 0.2) is 6.29 Å². The van der Waals surface area contributed by atoms with Crippen LogP contribution in [0.5, 0.6) is 0 Å². The number of carbonyl (C=O) groups is 2. The van der Waals surface area contributed by atoms with Crippen molar-refractivity contribution in [1.29, 1.82) is 0 Å². The Kier molecular flexibility index (Phi) is 6.75. The molecule has 1 atom stereocenters. The third-order valence-electron chi connectivity index (χ3n) is 4.76. The Balaban J connectivity index is 1.88. The molecule has 0 saturated carbocycles. The molecule has 0 bridgehead atoms. The fraction of sp³-hybridized carbons (Fsp3) is 0.556. The number of benzene rings is 1. The smallest absolute Gasteiger partial charge is 0.223 e. The molecule has 1 heterocycles. The molecule has 132 valence electrons. The molecule has 6 heteroatoms. The highest BCUT2D eigenvalue weighted by Crippen LogP contribution is 2.22. The molecule has 1 fully saturated rings. The largest absolute Gasteiger partial charge is 0.398 e. The molecule has 24 heavy (non-hydrogen) atoms. The summed E-state index contributed by atoms with van der Waals surface area (Å²) in [4.78, 5) is 25.7. The maximum absolute atomic E-state index is 12.2. The van der Waals surface area contributed by atoms with Gasteiger partial charge >= 0.3 is 0 Å². The molecule has 1 aliphatic heterocycles. The average Bonchev–Trinajstić information content (AvgIpc) is 2.60. The Hall–Kier alpha value is -1.92. The molecule has 1 aromatic rings. The molecule has 4 N–H and O–H groups in total. The van der Waals surface area contributed by atoms with Crippen molar-refractivity contribution < 1.29 is 14.7 Å². The zero-order chi connectivity index (χ0) is 17.5. The number of aliphatic hydroxyl groups is 1. The second-order valence-electron chi connectivity index (χ2n) is 6.38. The Labute approximate surface area is 143 Å². The van der Waals surface area contributed by atoms with Crippen molar-refractivity contribution in [1.82, 2.24) is 10.2 Å². The summed E-state index contributed by atoms with van der Waals surface area (Å²) in [5.74, 6) is 0.0290. The van der Waals surface area contributed by atoms with Gasteiger partial charge in [-0.1, -0.05) is 19.1 Å². The molecular formula is C18H27N3O3. The van der Waals surface area contributed by atoms with Gasteiger partial charge < -0.3 is 16.2 Å². The first kappa shape index (κ1) is 18.4. The maximum atomic E-state index is 12.2. The molecular weight excluding hydrogens is 306 g/mol. The van der Waals surface area contributed by atoms with Crippen LogP contribution < -0.4 is 11.1 Å². The van der Waals surface area contributed by atoms with Crippen molar-refractivity contribution >= 4 is 17.9 Å². The molecule has 2 rings (SSSR count). The normalized spacial score (nSPS) is 17.4. The summed E-state index contributed by atoms with van der Waals surface area (Å²) in [5.41, 5.74) is 7.85. The van der Waals surface area contributed by atoms with E-state index >= 15 is 0 Å². The lowest BCUT2D eigenvalue weighted by Gasteiger charge is -2.32. The van der Waals surface area contributed by atoms with Gasteiger partial charge in [-0.3, -0.25) is 14.5 Å². The van der Waals surface area contributed by atoms with E-state index in [1.54, 1.807) is 6.07 Å². The van der Waals surface area contributed by atoms with Gasteiger partial charge in [-0.2, -0.15) is 0 Å². The van der Waals surface area contributed by atoms with Crippen LogP contribution >= 0.6 is 0 Å². The number of hydrogen-bond donors (Lipinski definition) is 3. The minimum absolute atomic E-state index is 0.00626. The predicted octanol–water partition coefficient (Wildman–Crippen LogP) is 1.18. The summed E-state index contributed by atoms with van der Waals surface area (Å²) in [6, 6.07) is 5.36. The standard InChI is InChI=1S/C18H27N3O3/c1-2-15(11-22)20-18(24)13-6-8-21(9-7-13)10-14-4-3-5-17(19)16(14)12-23/h3-5,12-13,15,22H,2,6-11,19H2,1H3,(H,20,24). The first-order valence-electron chi connectivity index (χ1n) is 8.55. The van der Waals surface area contributed by atoms with Crippen molar-refractivity contribution in [3.05, 3.63) is 29.3 Å². The van der Waals surface area contributed by atoms with E-state index in [1.165, 1.54) is 0 Å². The second-order valence-corrected chi connectivity index (χ2v) is 6.38. The molecule has 0 aliphatic carbocycles. The first-order valence-corrected chi connectivity index (χ1v) is 8.55. The van der Waals surface area contributed by atoms with Crippen LogP contribution in [-0.2, 0) is 11.3 Å². The number of aliphatic hydroxyl groups excluding tert-OH is 1. The van der Waals surface area contributed by atoms with Crippen molar-refractivity contribution in [2.24, 2.45) is 5.92 Å². The third kappa shape index (κ3) is 4.55. The van der Waals surface area contributed by atoms with Crippen LogP contribution in [0.4, 0.5) is 5.69 Å². The number of nitrogens with two attached hydrogens (primary N) is 1. The number of piperidine rings is 1. The van der Waals surface area contributed by atoms with Gasteiger partial charge in [0, 0.05) is 23.7 Å². The monoisotopic (exact) mass is 333 g/mol. The fourth-order valence-electron chi connectivity index (χ4n) is 3.10. The van der Waals surface area contributed by atoms with Gasteiger partial charge in [0.25, 0.3) is 0 Å². The van der Waals surface area contributed by atoms with Gasteiger partial charge in [0.2, 0.25) is 5.91 Å². The maximum Gasteiger partial charge on any atom is 0.223 e. The van der Waals surface area contributed by atoms with E-state index in [4.69, 9.17) is 5.73 Å². The highest BCUT2D eigenvalue weighted by Gasteiger charge is 2.26. The van der Waals surface area contributed by atoms with Crippen LogP contribution in [0.1, 0.15) is 42.1 Å². The molecule has 1 aromatic carbocycles. The summed E-state index contributed by atoms with van der Waals surface area (Å²) in [6.07, 6.45) is 3.11. The van der Waals surface area contributed by atoms with E-state index in [1.807, 2.05) is 19.1 Å². The molecule has 0 aromatic heterocycles. The minimum atomic E-state index is -0.155. The number of aldehydes is 1. The first-order chi connectivity index (χ1) is 11.6. The zero-order valence-electron chi connectivity index (χ0n) is 14.2. The van der Waals surface area contributed by atoms with E-state index in [0.29, 0.717) is 17.8 Å². The SMILES string of the molecule is CCC(CO)NC(=O)C1CCN(Cc2cccc(N)c2C=O)CC1. The Bertz CT molecular complexity index is 565. The number of amides is 1. The van der Waals surface area contributed by atoms with Crippen molar-refractivity contribution in [2.75, 3.05) is 25.4 Å². The van der Waals surface area contributed by atoms with E-state index in [2.05, 4.69) is 10.2 Å². The van der Waals surface area contributed by atoms with Gasteiger partial charge in [0.05, 0.1) is 12.6 Å². The van der Waals surface area contributed by atoms with Crippen LogP contribution in [0.25, 0.3) is 0 Å². The van der Waals surface area contributed by atoms with Gasteiger partial charge in [-0.15, -0.1) is 0 Å². The van der Waals surface area contributed by atoms with E-state index in [-0.39, 0.29) is 24.5 Å². The Morgan fingerprint density at radius 1 is 1.46 bits per heavy atom. The van der Waals surface area contributed by atoms with Crippen molar-refractivity contribution in [3.63, 3.8) is 0 Å². The zero-order valence-corrected chi connectivity index (χ0v) is 14.2. The van der Waals surface area contributed by atoms with E-state index in [0.717, 1.165) is 44.2 Å². The van der Waals surface area contributed by atoms with E-state index < -0.39 is 0 Å². The minimum Gasteiger partial charge on any atom is -0.398 e. The summed E-state index contributed by atoms with van der Waals surface area (Å²) < 4.78 is 0. The van der Waals surface area contributed by atoms with E-state index in [9.17, 15) is 14.7 Å². The molecule has 6 nitrogen and oxygen atoms in total. The number of carbonyl (C=O) groups excluding carboxylic acids is 2. The molecule has 1 saturated heterocycles. The quantitative estimate of drug-likeness (QED) is 0.514. The molecule has 1 aliphatic rings. The Morgan fingerprint density at radius 2 is 2.17 bits per heavy atom. The summed E-state index contributed by atoms with van der Waals surface area (Å²) >= 11 is 0. The lowest BCUT2D eigenvalue weighted by molar-refractivity contribution is -0.127. The van der Waals surface area contributed by atoms with Gasteiger partial charge in [-0.05, 0) is 44.0 Å². The van der Waals surface area contributed by atoms with Crippen LogP contribution in [0.3, 0.4) is 0 Å². The van der Waals surface area contributed by atoms with Gasteiger partial charge in [0.1, 0.15) is 0 Å². The number of likely N-dealkylation sites (tertiary alicyclic amines) is 1. The Morgan fingerprint density at radius 3 is 2.75 bits per heavy atom. The topological polar surface area (TPSA) is 95.7 Å². The third-order valence-corrected chi connectivity index (χ3v) is 4.76. The number of hydrogen-bond acceptors (Lipinski definition) is 5. The molecule has 1 unspecified atom stereocenters. The fourth-order valence-corrected chi connectivity index (χ4v) is 3.10. The average molecular weight is 333 g/mol. The van der Waals surface area contributed by atoms with Crippen LogP contribution in [0.15, 0.2) is 18.2 Å². The molecule has 0 spiro atoms. The van der Waals surface area contributed by atoms with Crippen molar-refractivity contribution in [3.8, 4) is 0 Å². The molecule has 1 amide bonds. The highest BCUT2D eigenvalue weighted by atomic mass is 16.3. The van der Waals surface area contributed by atoms with Gasteiger partial charge in [-0.25, -0.2) is 0 Å². The lowest BCUT2D eigenvalue weighted by Crippen LogP contribution is -2.44. The number of nitrogens with one attached hydrogen (secondary N) is 1. The predicted molar refractivity (Wildman–Crippen MR) is 93.6 cm³/mol. The van der Waals surface area contributed by atoms with Crippen LogP contribution in [0.2, 0.25) is 0 Å². The summed E-state index contributed by atoms with van der Waals surface area (Å²) in [6.45, 7) is 4.20.